The molecular formula is C14H16BrN3O. The highest BCUT2D eigenvalue weighted by Gasteiger charge is 2.10. The number of hydrogen-bond acceptors (Lipinski definition) is 3. The molecule has 19 heavy (non-hydrogen) atoms. The molecule has 100 valence electrons. The zero-order chi connectivity index (χ0) is 13.7. The zero-order valence-electron chi connectivity index (χ0n) is 10.8. The molecule has 0 aliphatic rings. The number of carbonyl (C=O) groups is 1. The van der Waals surface area contributed by atoms with Crippen LogP contribution in [0, 0.1) is 0 Å². The lowest BCUT2D eigenvalue weighted by molar-refractivity contribution is -0.117. The maximum absolute atomic E-state index is 12.0. The van der Waals surface area contributed by atoms with Gasteiger partial charge in [0.05, 0.1) is 6.42 Å². The molecule has 5 heteroatoms. The molecule has 0 fully saturated rings. The standard InChI is InChI=1S/C14H16BrN3O/c1-2-7-18-14(16-10-17-18)9-13(19)8-11-3-5-12(15)6-4-11/h3-6,10H,2,7-9H2,1H3. The molecule has 0 unspecified atom stereocenters. The van der Waals surface area contributed by atoms with E-state index in [4.69, 9.17) is 0 Å². The van der Waals surface area contributed by atoms with Crippen molar-refractivity contribution in [3.8, 4) is 0 Å². The monoisotopic (exact) mass is 321 g/mol. The molecule has 0 saturated carbocycles. The Labute approximate surface area is 121 Å². The summed E-state index contributed by atoms with van der Waals surface area (Å²) in [5.74, 6) is 0.914. The van der Waals surface area contributed by atoms with E-state index in [-0.39, 0.29) is 5.78 Å². The second kappa shape index (κ2) is 6.61. The van der Waals surface area contributed by atoms with Crippen molar-refractivity contribution in [2.75, 3.05) is 0 Å². The van der Waals surface area contributed by atoms with Crippen LogP contribution in [0.15, 0.2) is 35.1 Å². The van der Waals surface area contributed by atoms with Crippen molar-refractivity contribution < 1.29 is 4.79 Å². The Morgan fingerprint density at radius 2 is 2.00 bits per heavy atom. The molecule has 0 saturated heterocycles. The number of aromatic nitrogens is 3. The summed E-state index contributed by atoms with van der Waals surface area (Å²) in [5.41, 5.74) is 1.02. The van der Waals surface area contributed by atoms with Gasteiger partial charge in [0.25, 0.3) is 0 Å². The first-order chi connectivity index (χ1) is 9.19. The quantitative estimate of drug-likeness (QED) is 0.822. The minimum Gasteiger partial charge on any atom is -0.299 e. The molecule has 1 aromatic heterocycles. The van der Waals surface area contributed by atoms with Crippen LogP contribution in [-0.4, -0.2) is 20.5 Å². The van der Waals surface area contributed by atoms with Gasteiger partial charge in [-0.3, -0.25) is 4.79 Å². The zero-order valence-corrected chi connectivity index (χ0v) is 12.4. The van der Waals surface area contributed by atoms with Crippen LogP contribution in [0.3, 0.4) is 0 Å². The highest BCUT2D eigenvalue weighted by molar-refractivity contribution is 9.10. The van der Waals surface area contributed by atoms with Crippen molar-refractivity contribution in [2.24, 2.45) is 0 Å². The van der Waals surface area contributed by atoms with Crippen molar-refractivity contribution in [2.45, 2.75) is 32.7 Å². The van der Waals surface area contributed by atoms with Crippen LogP contribution < -0.4 is 0 Å². The van der Waals surface area contributed by atoms with Gasteiger partial charge in [-0.1, -0.05) is 35.0 Å². The van der Waals surface area contributed by atoms with Crippen molar-refractivity contribution in [3.05, 3.63) is 46.5 Å². The molecule has 0 aliphatic carbocycles. The molecule has 0 bridgehead atoms. The molecule has 2 aromatic rings. The predicted molar refractivity (Wildman–Crippen MR) is 76.9 cm³/mol. The Bertz CT molecular complexity index is 548. The Morgan fingerprint density at radius 1 is 1.26 bits per heavy atom. The summed E-state index contributed by atoms with van der Waals surface area (Å²) in [7, 11) is 0. The molecule has 0 spiro atoms. The Morgan fingerprint density at radius 3 is 2.68 bits per heavy atom. The van der Waals surface area contributed by atoms with Crippen LogP contribution in [-0.2, 0) is 24.2 Å². The average molecular weight is 322 g/mol. The van der Waals surface area contributed by atoms with Crippen molar-refractivity contribution in [1.29, 1.82) is 0 Å². The third-order valence-electron chi connectivity index (χ3n) is 2.80. The first kappa shape index (κ1) is 13.9. The Hall–Kier alpha value is -1.49. The van der Waals surface area contributed by atoms with E-state index in [0.29, 0.717) is 12.8 Å². The summed E-state index contributed by atoms with van der Waals surface area (Å²) in [6.45, 7) is 2.88. The molecule has 0 radical (unpaired) electrons. The summed E-state index contributed by atoms with van der Waals surface area (Å²) in [6, 6.07) is 7.81. The number of carbonyl (C=O) groups excluding carboxylic acids is 1. The second-order valence-electron chi connectivity index (χ2n) is 4.42. The normalized spacial score (nSPS) is 10.6. The number of aryl methyl sites for hydroxylation is 1. The third kappa shape index (κ3) is 3.99. The van der Waals surface area contributed by atoms with Gasteiger partial charge in [0.2, 0.25) is 0 Å². The van der Waals surface area contributed by atoms with E-state index in [9.17, 15) is 4.79 Å². The highest BCUT2D eigenvalue weighted by Crippen LogP contribution is 2.11. The van der Waals surface area contributed by atoms with Gasteiger partial charge in [-0.2, -0.15) is 5.10 Å². The van der Waals surface area contributed by atoms with Crippen LogP contribution in [0.4, 0.5) is 0 Å². The second-order valence-corrected chi connectivity index (χ2v) is 5.33. The molecule has 0 aliphatic heterocycles. The van der Waals surface area contributed by atoms with Gasteiger partial charge in [-0.05, 0) is 24.1 Å². The molecule has 1 heterocycles. The van der Waals surface area contributed by atoms with Crippen molar-refractivity contribution >= 4 is 21.7 Å². The largest absolute Gasteiger partial charge is 0.299 e. The number of benzene rings is 1. The van der Waals surface area contributed by atoms with Crippen LogP contribution in [0.2, 0.25) is 0 Å². The van der Waals surface area contributed by atoms with Gasteiger partial charge >= 0.3 is 0 Å². The maximum atomic E-state index is 12.0. The molecule has 2 rings (SSSR count). The lowest BCUT2D eigenvalue weighted by atomic mass is 10.1. The number of hydrogen-bond donors (Lipinski definition) is 0. The van der Waals surface area contributed by atoms with E-state index >= 15 is 0 Å². The smallest absolute Gasteiger partial charge is 0.144 e. The van der Waals surface area contributed by atoms with E-state index in [2.05, 4.69) is 32.9 Å². The molecular weight excluding hydrogens is 306 g/mol. The fourth-order valence-corrected chi connectivity index (χ4v) is 2.16. The number of nitrogens with zero attached hydrogens (tertiary/aromatic N) is 3. The third-order valence-corrected chi connectivity index (χ3v) is 3.33. The minimum absolute atomic E-state index is 0.160. The molecule has 0 N–H and O–H groups in total. The van der Waals surface area contributed by atoms with E-state index in [1.807, 2.05) is 24.3 Å². The van der Waals surface area contributed by atoms with Gasteiger partial charge in [0, 0.05) is 17.4 Å². The minimum atomic E-state index is 0.160. The lowest BCUT2D eigenvalue weighted by Gasteiger charge is -2.04. The summed E-state index contributed by atoms with van der Waals surface area (Å²) in [4.78, 5) is 16.2. The van der Waals surface area contributed by atoms with E-state index in [1.165, 1.54) is 6.33 Å². The first-order valence-corrected chi connectivity index (χ1v) is 7.11. The summed E-state index contributed by atoms with van der Waals surface area (Å²) >= 11 is 3.38. The SMILES string of the molecule is CCCn1ncnc1CC(=O)Cc1ccc(Br)cc1. The maximum Gasteiger partial charge on any atom is 0.144 e. The Kier molecular flexibility index (Phi) is 4.85. The van der Waals surface area contributed by atoms with Gasteiger partial charge < -0.3 is 0 Å². The van der Waals surface area contributed by atoms with Crippen LogP contribution in [0.5, 0.6) is 0 Å². The van der Waals surface area contributed by atoms with E-state index in [0.717, 1.165) is 28.8 Å². The topological polar surface area (TPSA) is 47.8 Å². The number of halogens is 1. The van der Waals surface area contributed by atoms with Gasteiger partial charge in [0.1, 0.15) is 17.9 Å². The summed E-state index contributed by atoms with van der Waals surface area (Å²) < 4.78 is 2.82. The van der Waals surface area contributed by atoms with Crippen molar-refractivity contribution in [3.63, 3.8) is 0 Å². The van der Waals surface area contributed by atoms with E-state index < -0.39 is 0 Å². The van der Waals surface area contributed by atoms with Crippen molar-refractivity contribution in [1.82, 2.24) is 14.8 Å². The molecule has 0 amide bonds. The predicted octanol–water partition coefficient (Wildman–Crippen LogP) is 2.80. The van der Waals surface area contributed by atoms with Crippen LogP contribution in [0.25, 0.3) is 0 Å². The Balaban J connectivity index is 1.97. The molecule has 0 atom stereocenters. The van der Waals surface area contributed by atoms with E-state index in [1.54, 1.807) is 4.68 Å². The first-order valence-electron chi connectivity index (χ1n) is 6.32. The fourth-order valence-electron chi connectivity index (χ4n) is 1.89. The number of rotatable bonds is 6. The van der Waals surface area contributed by atoms with Gasteiger partial charge in [-0.25, -0.2) is 9.67 Å². The fraction of sp³-hybridized carbons (Fsp3) is 0.357. The van der Waals surface area contributed by atoms with Crippen LogP contribution in [0.1, 0.15) is 24.7 Å². The lowest BCUT2D eigenvalue weighted by Crippen LogP contribution is -2.13. The van der Waals surface area contributed by atoms with Gasteiger partial charge in [-0.15, -0.1) is 0 Å². The summed E-state index contributed by atoms with van der Waals surface area (Å²) in [5, 5.41) is 4.12. The number of Topliss-reactive ketones (excluding diaryl/α,β-unsaturated/α-hetero) is 1. The highest BCUT2D eigenvalue weighted by atomic mass is 79.9. The van der Waals surface area contributed by atoms with Crippen LogP contribution >= 0.6 is 15.9 Å². The molecule has 1 aromatic carbocycles. The number of ketones is 1. The molecule has 4 nitrogen and oxygen atoms in total. The summed E-state index contributed by atoms with van der Waals surface area (Å²) in [6.07, 6.45) is 3.28. The average Bonchev–Trinajstić information content (AvgIpc) is 2.80. The van der Waals surface area contributed by atoms with Gasteiger partial charge in [0.15, 0.2) is 0 Å².